The van der Waals surface area contributed by atoms with E-state index in [0.717, 1.165) is 7.11 Å². The molecule has 0 amide bonds. The van der Waals surface area contributed by atoms with Gasteiger partial charge in [0.05, 0.1) is 17.9 Å². The number of cyclic esters (lactones) is 1. The van der Waals surface area contributed by atoms with E-state index in [4.69, 9.17) is 9.47 Å². The Hall–Kier alpha value is -3.03. The maximum absolute atomic E-state index is 14.2. The summed E-state index contributed by atoms with van der Waals surface area (Å²) in [5.74, 6) is -5.29. The van der Waals surface area contributed by atoms with Crippen molar-refractivity contribution in [3.63, 3.8) is 0 Å². The Bertz CT molecular complexity index is 1170. The van der Waals surface area contributed by atoms with Crippen LogP contribution in [0.2, 0.25) is 0 Å². The molecule has 4 rings (SSSR count). The molecule has 1 N–H and O–H groups in total. The van der Waals surface area contributed by atoms with Gasteiger partial charge in [0.15, 0.2) is 28.8 Å². The zero-order chi connectivity index (χ0) is 25.8. The van der Waals surface area contributed by atoms with E-state index in [0.29, 0.717) is 0 Å². The van der Waals surface area contributed by atoms with E-state index in [9.17, 15) is 29.1 Å². The fourth-order valence-corrected chi connectivity index (χ4v) is 7.49. The van der Waals surface area contributed by atoms with Crippen LogP contribution in [0.25, 0.3) is 0 Å². The number of hydrogen-bond donors (Lipinski definition) is 1. The number of rotatable bonds is 1. The number of esters is 2. The average Bonchev–Trinajstić information content (AvgIpc) is 2.76. The molecule has 0 bridgehead atoms. The quantitative estimate of drug-likeness (QED) is 0.352. The van der Waals surface area contributed by atoms with Crippen molar-refractivity contribution in [1.29, 1.82) is 0 Å². The van der Waals surface area contributed by atoms with Crippen LogP contribution in [0.1, 0.15) is 48.0 Å². The summed E-state index contributed by atoms with van der Waals surface area (Å²) in [5, 5.41) is 11.4. The molecule has 0 spiro atoms. The molecule has 1 saturated heterocycles. The summed E-state index contributed by atoms with van der Waals surface area (Å²) in [5.41, 5.74) is -7.94. The molecule has 4 aliphatic rings. The van der Waals surface area contributed by atoms with Gasteiger partial charge in [-0.2, -0.15) is 0 Å². The van der Waals surface area contributed by atoms with Crippen LogP contribution < -0.4 is 0 Å². The molecule has 0 aromatic heterocycles. The molecule has 6 atom stereocenters. The lowest BCUT2D eigenvalue weighted by Crippen LogP contribution is -2.77. The van der Waals surface area contributed by atoms with Crippen molar-refractivity contribution in [2.45, 2.75) is 54.1 Å². The van der Waals surface area contributed by atoms with Gasteiger partial charge in [-0.15, -0.1) is 0 Å². The molecule has 0 radical (unpaired) electrons. The lowest BCUT2D eigenvalue weighted by Gasteiger charge is -2.66. The molecule has 1 heterocycles. The lowest BCUT2D eigenvalue weighted by atomic mass is 9.33. The third kappa shape index (κ3) is 2.14. The fraction of sp³-hybridized carbons (Fsp3) is 0.577. The lowest BCUT2D eigenvalue weighted by molar-refractivity contribution is -0.222. The molecule has 1 aliphatic heterocycles. The minimum absolute atomic E-state index is 0.0795. The van der Waals surface area contributed by atoms with Gasteiger partial charge in [0.25, 0.3) is 0 Å². The van der Waals surface area contributed by atoms with Crippen molar-refractivity contribution in [1.82, 2.24) is 0 Å². The molecule has 3 aliphatic carbocycles. The number of allylic oxidation sites excluding steroid dienone is 4. The summed E-state index contributed by atoms with van der Waals surface area (Å²) >= 11 is 0. The van der Waals surface area contributed by atoms with Crippen LogP contribution in [0.3, 0.4) is 0 Å². The van der Waals surface area contributed by atoms with Gasteiger partial charge in [0.1, 0.15) is 5.41 Å². The first-order valence-electron chi connectivity index (χ1n) is 11.3. The number of Topliss-reactive ketones (excluding diaryl/α,β-unsaturated/α-hetero) is 2. The van der Waals surface area contributed by atoms with Gasteiger partial charge >= 0.3 is 11.9 Å². The van der Waals surface area contributed by atoms with Crippen LogP contribution in [0.5, 0.6) is 0 Å². The van der Waals surface area contributed by atoms with Gasteiger partial charge in [-0.3, -0.25) is 24.0 Å². The van der Waals surface area contributed by atoms with Crippen molar-refractivity contribution >= 4 is 29.3 Å². The molecule has 34 heavy (non-hydrogen) atoms. The van der Waals surface area contributed by atoms with Crippen LogP contribution in [0.4, 0.5) is 0 Å². The van der Waals surface area contributed by atoms with Crippen molar-refractivity contribution in [2.24, 2.45) is 33.0 Å². The van der Waals surface area contributed by atoms with Gasteiger partial charge in [-0.1, -0.05) is 32.1 Å². The maximum Gasteiger partial charge on any atom is 0.322 e. The highest BCUT2D eigenvalue weighted by molar-refractivity contribution is 6.20. The molecule has 1 saturated carbocycles. The highest BCUT2D eigenvalue weighted by Gasteiger charge is 2.84. The topological polar surface area (TPSA) is 124 Å². The first-order valence-corrected chi connectivity index (χ1v) is 11.3. The van der Waals surface area contributed by atoms with E-state index in [1.807, 2.05) is 0 Å². The Balaban J connectivity index is 2.20. The number of hydrogen-bond acceptors (Lipinski definition) is 8. The van der Waals surface area contributed by atoms with Crippen LogP contribution in [0.15, 0.2) is 35.6 Å². The number of methoxy groups -OCH3 is 1. The summed E-state index contributed by atoms with van der Waals surface area (Å²) in [6, 6.07) is 0. The zero-order valence-electron chi connectivity index (χ0n) is 20.5. The molecule has 2 fully saturated rings. The maximum atomic E-state index is 14.2. The Morgan fingerprint density at radius 2 is 1.74 bits per heavy atom. The Morgan fingerprint density at radius 1 is 1.15 bits per heavy atom. The fourth-order valence-electron chi connectivity index (χ4n) is 7.49. The molecule has 0 aromatic carbocycles. The second-order valence-electron chi connectivity index (χ2n) is 11.0. The second-order valence-corrected chi connectivity index (χ2v) is 11.0. The van der Waals surface area contributed by atoms with Crippen molar-refractivity contribution in [3.05, 3.63) is 35.6 Å². The molecule has 0 unspecified atom stereocenters. The van der Waals surface area contributed by atoms with Crippen molar-refractivity contribution in [2.75, 3.05) is 7.11 Å². The monoisotopic (exact) mass is 470 g/mol. The van der Waals surface area contributed by atoms with E-state index in [1.54, 1.807) is 26.8 Å². The van der Waals surface area contributed by atoms with Gasteiger partial charge in [0.2, 0.25) is 5.78 Å². The van der Waals surface area contributed by atoms with E-state index in [-0.39, 0.29) is 23.4 Å². The Morgan fingerprint density at radius 3 is 2.29 bits per heavy atom. The van der Waals surface area contributed by atoms with Crippen LogP contribution in [-0.2, 0) is 33.4 Å². The van der Waals surface area contributed by atoms with Gasteiger partial charge in [-0.25, -0.2) is 0 Å². The largest absolute Gasteiger partial charge is 0.504 e. The minimum atomic E-state index is -2.33. The number of ether oxygens (including phenoxy) is 2. The summed E-state index contributed by atoms with van der Waals surface area (Å²) in [4.78, 5) is 68.0. The van der Waals surface area contributed by atoms with E-state index >= 15 is 0 Å². The SMILES string of the molecule is C=C1C[C@@H]2[C@@]3(C)C=CC(=O)C(C)(C)C3=C(O)C(=O)[C@@]2(C)[C@]2(C(=O)OC)C(=O)[C@@H](C)OC(=O)[C@@]12C. The van der Waals surface area contributed by atoms with Gasteiger partial charge in [0, 0.05) is 5.41 Å². The average molecular weight is 471 g/mol. The predicted molar refractivity (Wildman–Crippen MR) is 119 cm³/mol. The number of carbonyl (C=O) groups excluding carboxylic acids is 5. The summed E-state index contributed by atoms with van der Waals surface area (Å²) in [7, 11) is 1.09. The molecular formula is C26H30O8. The smallest absolute Gasteiger partial charge is 0.322 e. The van der Waals surface area contributed by atoms with E-state index in [2.05, 4.69) is 6.58 Å². The van der Waals surface area contributed by atoms with Crippen molar-refractivity contribution in [3.8, 4) is 0 Å². The summed E-state index contributed by atoms with van der Waals surface area (Å²) in [6.07, 6.45) is 1.79. The standard InChI is InChI=1S/C26H30O8/c1-12-11-14-23(5)10-9-15(27)22(3,4)17(23)16(28)19(30)25(14,7)26(21(32)33-8)18(29)13(2)34-20(31)24(12,26)6/h9-10,13-14,28H,1,11H2,2-8H3/t13-,14-,23-,24-,25+,26+/m1/s1. The predicted octanol–water partition coefficient (Wildman–Crippen LogP) is 2.82. The summed E-state index contributed by atoms with van der Waals surface area (Å²) < 4.78 is 10.4. The highest BCUT2D eigenvalue weighted by atomic mass is 16.6. The number of fused-ring (bicyclic) bond motifs is 5. The second kappa shape index (κ2) is 6.55. The third-order valence-corrected chi connectivity index (χ3v) is 9.31. The van der Waals surface area contributed by atoms with E-state index < -0.39 is 68.4 Å². The first-order chi connectivity index (χ1) is 15.5. The molecule has 182 valence electrons. The Kier molecular flexibility index (Phi) is 4.64. The van der Waals surface area contributed by atoms with Crippen molar-refractivity contribution < 1.29 is 38.6 Å². The van der Waals surface area contributed by atoms with Gasteiger partial charge < -0.3 is 14.6 Å². The number of carbonyl (C=O) groups is 5. The van der Waals surface area contributed by atoms with Crippen LogP contribution in [-0.4, -0.2) is 47.6 Å². The molecule has 0 aromatic rings. The highest BCUT2D eigenvalue weighted by Crippen LogP contribution is 2.74. The number of aliphatic hydroxyl groups is 1. The summed E-state index contributed by atoms with van der Waals surface area (Å²) in [6.45, 7) is 13.3. The number of aliphatic hydroxyl groups excluding tert-OH is 1. The minimum Gasteiger partial charge on any atom is -0.504 e. The van der Waals surface area contributed by atoms with Crippen LogP contribution >= 0.6 is 0 Å². The number of ketones is 3. The van der Waals surface area contributed by atoms with Gasteiger partial charge in [-0.05, 0) is 51.7 Å². The molecular weight excluding hydrogens is 440 g/mol. The zero-order valence-corrected chi connectivity index (χ0v) is 20.5. The molecule has 8 heteroatoms. The normalized spacial score (nSPS) is 43.1. The Labute approximate surface area is 198 Å². The van der Waals surface area contributed by atoms with E-state index in [1.165, 1.54) is 26.8 Å². The third-order valence-electron chi connectivity index (χ3n) is 9.31. The first kappa shape index (κ1) is 24.1. The molecule has 8 nitrogen and oxygen atoms in total. The van der Waals surface area contributed by atoms with Crippen LogP contribution in [0, 0.1) is 33.0 Å².